The third-order valence-corrected chi connectivity index (χ3v) is 5.32. The molecule has 1 N–H and O–H groups in total. The lowest BCUT2D eigenvalue weighted by molar-refractivity contribution is -0.131. The molecule has 0 radical (unpaired) electrons. The highest BCUT2D eigenvalue weighted by Crippen LogP contribution is 2.30. The number of benzene rings is 2. The molecule has 4 rings (SSSR count). The Labute approximate surface area is 165 Å². The molecule has 5 nitrogen and oxygen atoms in total. The van der Waals surface area contributed by atoms with E-state index in [2.05, 4.69) is 5.32 Å². The summed E-state index contributed by atoms with van der Waals surface area (Å²) in [7, 11) is 1.63. The lowest BCUT2D eigenvalue weighted by Crippen LogP contribution is -2.34. The third kappa shape index (κ3) is 4.53. The largest absolute Gasteiger partial charge is 0.496 e. The van der Waals surface area contributed by atoms with Gasteiger partial charge >= 0.3 is 0 Å². The summed E-state index contributed by atoms with van der Waals surface area (Å²) in [4.78, 5) is 27.1. The van der Waals surface area contributed by atoms with Crippen molar-refractivity contribution in [3.05, 3.63) is 65.2 Å². The number of hydrogen-bond acceptors (Lipinski definition) is 3. The van der Waals surface area contributed by atoms with Crippen LogP contribution in [-0.4, -0.2) is 35.9 Å². The molecule has 2 aromatic carbocycles. The van der Waals surface area contributed by atoms with Gasteiger partial charge in [-0.05, 0) is 49.4 Å². The van der Waals surface area contributed by atoms with E-state index in [9.17, 15) is 9.59 Å². The van der Waals surface area contributed by atoms with Crippen LogP contribution in [0.4, 0.5) is 0 Å². The average Bonchev–Trinajstić information content (AvgIpc) is 3.62. The normalized spacial score (nSPS) is 15.8. The van der Waals surface area contributed by atoms with Gasteiger partial charge in [-0.25, -0.2) is 0 Å². The fourth-order valence-corrected chi connectivity index (χ4v) is 3.38. The van der Waals surface area contributed by atoms with Crippen LogP contribution in [0.2, 0.25) is 0 Å². The summed E-state index contributed by atoms with van der Waals surface area (Å²) in [6.07, 6.45) is 4.60. The monoisotopic (exact) mass is 378 g/mol. The number of amides is 2. The number of methoxy groups -OCH3 is 1. The van der Waals surface area contributed by atoms with Crippen molar-refractivity contribution in [2.75, 3.05) is 7.11 Å². The zero-order valence-electron chi connectivity index (χ0n) is 16.2. The molecule has 2 saturated carbocycles. The van der Waals surface area contributed by atoms with E-state index in [1.807, 2.05) is 53.4 Å². The second kappa shape index (κ2) is 8.05. The number of ether oxygens (including phenoxy) is 1. The second-order valence-electron chi connectivity index (χ2n) is 7.69. The molecule has 0 atom stereocenters. The minimum Gasteiger partial charge on any atom is -0.496 e. The lowest BCUT2D eigenvalue weighted by Gasteiger charge is -2.23. The van der Waals surface area contributed by atoms with Crippen molar-refractivity contribution < 1.29 is 14.3 Å². The highest BCUT2D eigenvalue weighted by Gasteiger charge is 2.32. The van der Waals surface area contributed by atoms with Gasteiger partial charge in [0.05, 0.1) is 13.5 Å². The summed E-state index contributed by atoms with van der Waals surface area (Å²) in [5, 5.41) is 3.00. The van der Waals surface area contributed by atoms with Gasteiger partial charge in [0.1, 0.15) is 5.75 Å². The standard InChI is InChI=1S/C23H26N2O3/c1-28-21-5-3-2-4-18(21)14-22(26)25(20-12-13-20)15-16-6-8-17(9-7-16)23(27)24-19-10-11-19/h2-9,19-20H,10-15H2,1H3,(H,24,27). The predicted molar refractivity (Wildman–Crippen MR) is 107 cm³/mol. The van der Waals surface area contributed by atoms with Crippen LogP contribution in [0, 0.1) is 0 Å². The molecule has 0 saturated heterocycles. The van der Waals surface area contributed by atoms with Crippen molar-refractivity contribution in [2.45, 2.75) is 50.7 Å². The van der Waals surface area contributed by atoms with E-state index in [4.69, 9.17) is 4.74 Å². The lowest BCUT2D eigenvalue weighted by atomic mass is 10.1. The van der Waals surface area contributed by atoms with Crippen LogP contribution in [0.5, 0.6) is 5.75 Å². The van der Waals surface area contributed by atoms with E-state index in [-0.39, 0.29) is 11.8 Å². The van der Waals surface area contributed by atoms with Crippen LogP contribution in [0.15, 0.2) is 48.5 Å². The number of hydrogen-bond donors (Lipinski definition) is 1. The Balaban J connectivity index is 1.42. The predicted octanol–water partition coefficient (Wildman–Crippen LogP) is 3.32. The Bertz CT molecular complexity index is 854. The van der Waals surface area contributed by atoms with Crippen LogP contribution in [-0.2, 0) is 17.8 Å². The number of nitrogens with one attached hydrogen (secondary N) is 1. The average molecular weight is 378 g/mol. The van der Waals surface area contributed by atoms with Crippen LogP contribution in [0.25, 0.3) is 0 Å². The van der Waals surface area contributed by atoms with Gasteiger partial charge in [-0.15, -0.1) is 0 Å². The maximum Gasteiger partial charge on any atom is 0.251 e. The SMILES string of the molecule is COc1ccccc1CC(=O)N(Cc1ccc(C(=O)NC2CC2)cc1)C1CC1. The van der Waals surface area contributed by atoms with Gasteiger partial charge in [0.25, 0.3) is 5.91 Å². The Morgan fingerprint density at radius 1 is 1.04 bits per heavy atom. The molecule has 0 unspecified atom stereocenters. The van der Waals surface area contributed by atoms with Gasteiger partial charge in [-0.2, -0.15) is 0 Å². The highest BCUT2D eigenvalue weighted by molar-refractivity contribution is 5.94. The molecular weight excluding hydrogens is 352 g/mol. The first-order chi connectivity index (χ1) is 13.6. The Hall–Kier alpha value is -2.82. The summed E-state index contributed by atoms with van der Waals surface area (Å²) in [6, 6.07) is 15.9. The molecule has 0 aromatic heterocycles. The highest BCUT2D eigenvalue weighted by atomic mass is 16.5. The van der Waals surface area contributed by atoms with E-state index in [1.54, 1.807) is 7.11 Å². The molecule has 28 heavy (non-hydrogen) atoms. The van der Waals surface area contributed by atoms with Crippen molar-refractivity contribution in [3.63, 3.8) is 0 Å². The minimum atomic E-state index is -0.0136. The van der Waals surface area contributed by atoms with Crippen molar-refractivity contribution in [3.8, 4) is 5.75 Å². The van der Waals surface area contributed by atoms with E-state index in [0.717, 1.165) is 42.6 Å². The van der Waals surface area contributed by atoms with Gasteiger partial charge in [-0.1, -0.05) is 30.3 Å². The molecule has 0 spiro atoms. The van der Waals surface area contributed by atoms with Crippen molar-refractivity contribution in [2.24, 2.45) is 0 Å². The molecule has 2 fully saturated rings. The molecule has 146 valence electrons. The van der Waals surface area contributed by atoms with Gasteiger partial charge in [0, 0.05) is 29.8 Å². The molecule has 0 heterocycles. The number of nitrogens with zero attached hydrogens (tertiary/aromatic N) is 1. The summed E-state index contributed by atoms with van der Waals surface area (Å²) >= 11 is 0. The topological polar surface area (TPSA) is 58.6 Å². The molecule has 0 bridgehead atoms. The van der Waals surface area contributed by atoms with Gasteiger partial charge in [0.2, 0.25) is 5.91 Å². The smallest absolute Gasteiger partial charge is 0.251 e. The molecular formula is C23H26N2O3. The van der Waals surface area contributed by atoms with Crippen molar-refractivity contribution >= 4 is 11.8 Å². The number of para-hydroxylation sites is 1. The van der Waals surface area contributed by atoms with E-state index < -0.39 is 0 Å². The van der Waals surface area contributed by atoms with E-state index in [0.29, 0.717) is 30.6 Å². The molecule has 2 aliphatic carbocycles. The van der Waals surface area contributed by atoms with Gasteiger partial charge < -0.3 is 15.0 Å². The quantitative estimate of drug-likeness (QED) is 0.767. The summed E-state index contributed by atoms with van der Waals surface area (Å²) in [5.74, 6) is 0.848. The fourth-order valence-electron chi connectivity index (χ4n) is 3.38. The first kappa shape index (κ1) is 18.5. The van der Waals surface area contributed by atoms with E-state index >= 15 is 0 Å². The Morgan fingerprint density at radius 3 is 2.39 bits per heavy atom. The van der Waals surface area contributed by atoms with Crippen LogP contribution in [0.3, 0.4) is 0 Å². The third-order valence-electron chi connectivity index (χ3n) is 5.32. The van der Waals surface area contributed by atoms with Gasteiger partial charge in [0.15, 0.2) is 0 Å². The zero-order valence-corrected chi connectivity index (χ0v) is 16.2. The molecule has 5 heteroatoms. The maximum atomic E-state index is 13.0. The zero-order chi connectivity index (χ0) is 19.5. The summed E-state index contributed by atoms with van der Waals surface area (Å²) in [5.41, 5.74) is 2.63. The number of carbonyl (C=O) groups excluding carboxylic acids is 2. The minimum absolute atomic E-state index is 0.0136. The second-order valence-corrected chi connectivity index (χ2v) is 7.69. The summed E-state index contributed by atoms with van der Waals surface area (Å²) in [6.45, 7) is 0.573. The fraction of sp³-hybridized carbons (Fsp3) is 0.391. The molecule has 2 aliphatic rings. The number of rotatable bonds is 8. The van der Waals surface area contributed by atoms with Crippen LogP contribution < -0.4 is 10.1 Å². The Kier molecular flexibility index (Phi) is 5.33. The molecule has 2 amide bonds. The first-order valence-electron chi connectivity index (χ1n) is 9.95. The number of carbonyl (C=O) groups is 2. The van der Waals surface area contributed by atoms with Crippen LogP contribution >= 0.6 is 0 Å². The molecule has 2 aromatic rings. The molecule has 0 aliphatic heterocycles. The van der Waals surface area contributed by atoms with Crippen LogP contribution in [0.1, 0.15) is 47.2 Å². The Morgan fingerprint density at radius 2 is 1.75 bits per heavy atom. The van der Waals surface area contributed by atoms with E-state index in [1.165, 1.54) is 0 Å². The van der Waals surface area contributed by atoms with Crippen molar-refractivity contribution in [1.82, 2.24) is 10.2 Å². The first-order valence-corrected chi connectivity index (χ1v) is 9.95. The van der Waals surface area contributed by atoms with Gasteiger partial charge in [-0.3, -0.25) is 9.59 Å². The maximum absolute atomic E-state index is 13.0. The van der Waals surface area contributed by atoms with Crippen molar-refractivity contribution in [1.29, 1.82) is 0 Å². The summed E-state index contributed by atoms with van der Waals surface area (Å²) < 4.78 is 5.38.